The Morgan fingerprint density at radius 1 is 0.905 bits per heavy atom. The van der Waals surface area contributed by atoms with Crippen LogP contribution in [0.4, 0.5) is 0 Å². The van der Waals surface area contributed by atoms with E-state index < -0.39 is 0 Å². The van der Waals surface area contributed by atoms with Gasteiger partial charge < -0.3 is 4.90 Å². The second-order valence-electron chi connectivity index (χ2n) is 9.25. The first-order chi connectivity index (χ1) is 10.0. The first kappa shape index (κ1) is 15.8. The van der Waals surface area contributed by atoms with Crippen molar-refractivity contribution in [1.29, 1.82) is 0 Å². The Hall–Kier alpha value is -0.0400. The van der Waals surface area contributed by atoms with Crippen molar-refractivity contribution < 1.29 is 0 Å². The third kappa shape index (κ3) is 3.19. The summed E-state index contributed by atoms with van der Waals surface area (Å²) in [6.07, 6.45) is 14.9. The number of rotatable bonds is 3. The SMILES string of the molecule is CC12CCC(CN(CCC3CCCCCCC3)C1)C2(C)C. The van der Waals surface area contributed by atoms with Crippen LogP contribution in [-0.4, -0.2) is 24.5 Å². The molecule has 0 amide bonds. The molecule has 21 heavy (non-hydrogen) atoms. The van der Waals surface area contributed by atoms with Crippen LogP contribution < -0.4 is 0 Å². The van der Waals surface area contributed by atoms with Crippen LogP contribution in [0.2, 0.25) is 0 Å². The summed E-state index contributed by atoms with van der Waals surface area (Å²) in [4.78, 5) is 2.84. The lowest BCUT2D eigenvalue weighted by molar-refractivity contribution is -0.0196. The van der Waals surface area contributed by atoms with Crippen molar-refractivity contribution in [3.8, 4) is 0 Å². The van der Waals surface area contributed by atoms with Gasteiger partial charge in [-0.15, -0.1) is 0 Å². The van der Waals surface area contributed by atoms with Crippen LogP contribution in [0.1, 0.15) is 85.0 Å². The maximum absolute atomic E-state index is 2.84. The lowest BCUT2D eigenvalue weighted by atomic mass is 9.63. The summed E-state index contributed by atoms with van der Waals surface area (Å²) >= 11 is 0. The van der Waals surface area contributed by atoms with E-state index in [1.807, 2.05) is 0 Å². The molecule has 1 saturated heterocycles. The van der Waals surface area contributed by atoms with Gasteiger partial charge in [-0.05, 0) is 48.5 Å². The predicted octanol–water partition coefficient (Wildman–Crippen LogP) is 5.50. The van der Waals surface area contributed by atoms with Crippen molar-refractivity contribution >= 4 is 0 Å². The van der Waals surface area contributed by atoms with Crippen molar-refractivity contribution in [3.05, 3.63) is 0 Å². The fourth-order valence-electron chi connectivity index (χ4n) is 5.51. The summed E-state index contributed by atoms with van der Waals surface area (Å²) in [6.45, 7) is 11.8. The number of piperidine rings is 1. The summed E-state index contributed by atoms with van der Waals surface area (Å²) in [7, 11) is 0. The Kier molecular flexibility index (Phi) is 4.69. The molecular weight excluding hydrogens is 254 g/mol. The van der Waals surface area contributed by atoms with E-state index in [9.17, 15) is 0 Å². The quantitative estimate of drug-likeness (QED) is 0.664. The summed E-state index contributed by atoms with van der Waals surface area (Å²) < 4.78 is 0. The molecule has 0 aromatic heterocycles. The van der Waals surface area contributed by atoms with Gasteiger partial charge in [0.1, 0.15) is 0 Å². The fourth-order valence-corrected chi connectivity index (χ4v) is 5.51. The molecule has 1 heterocycles. The van der Waals surface area contributed by atoms with E-state index in [-0.39, 0.29) is 0 Å². The van der Waals surface area contributed by atoms with E-state index in [0.717, 1.165) is 11.8 Å². The van der Waals surface area contributed by atoms with Gasteiger partial charge in [0.25, 0.3) is 0 Å². The van der Waals surface area contributed by atoms with Gasteiger partial charge in [-0.2, -0.15) is 0 Å². The van der Waals surface area contributed by atoms with Gasteiger partial charge in [0.2, 0.25) is 0 Å². The molecule has 1 heteroatoms. The number of hydrogen-bond acceptors (Lipinski definition) is 1. The Labute approximate surface area is 132 Å². The average Bonchev–Trinajstić information content (AvgIpc) is 2.55. The second-order valence-corrected chi connectivity index (χ2v) is 9.25. The number of nitrogens with zero attached hydrogens (tertiary/aromatic N) is 1. The second kappa shape index (κ2) is 6.22. The van der Waals surface area contributed by atoms with Gasteiger partial charge in [-0.1, -0.05) is 65.7 Å². The molecule has 0 aromatic carbocycles. The molecule has 122 valence electrons. The molecule has 0 N–H and O–H groups in total. The Balaban J connectivity index is 1.50. The first-order valence-electron chi connectivity index (χ1n) is 9.74. The van der Waals surface area contributed by atoms with Crippen LogP contribution >= 0.6 is 0 Å². The van der Waals surface area contributed by atoms with Crippen LogP contribution in [0.15, 0.2) is 0 Å². The first-order valence-corrected chi connectivity index (χ1v) is 9.74. The zero-order valence-electron chi connectivity index (χ0n) is 14.8. The lowest BCUT2D eigenvalue weighted by Gasteiger charge is -2.50. The smallest absolute Gasteiger partial charge is 0.00407 e. The van der Waals surface area contributed by atoms with Crippen LogP contribution in [0.25, 0.3) is 0 Å². The zero-order chi connectivity index (χ0) is 14.9. The molecule has 0 radical (unpaired) electrons. The highest BCUT2D eigenvalue weighted by Crippen LogP contribution is 2.58. The summed E-state index contributed by atoms with van der Waals surface area (Å²) in [5.41, 5.74) is 1.15. The van der Waals surface area contributed by atoms with E-state index in [4.69, 9.17) is 0 Å². The summed E-state index contributed by atoms with van der Waals surface area (Å²) in [6, 6.07) is 0. The van der Waals surface area contributed by atoms with Gasteiger partial charge in [-0.25, -0.2) is 0 Å². The molecule has 0 aromatic rings. The van der Waals surface area contributed by atoms with Gasteiger partial charge in [0.15, 0.2) is 0 Å². The molecule has 0 spiro atoms. The lowest BCUT2D eigenvalue weighted by Crippen LogP contribution is -2.52. The average molecular weight is 292 g/mol. The van der Waals surface area contributed by atoms with E-state index >= 15 is 0 Å². The van der Waals surface area contributed by atoms with E-state index in [1.54, 1.807) is 0 Å². The van der Waals surface area contributed by atoms with Gasteiger partial charge >= 0.3 is 0 Å². The number of likely N-dealkylation sites (tertiary alicyclic amines) is 1. The molecule has 1 nitrogen and oxygen atoms in total. The minimum absolute atomic E-state index is 0.573. The molecular formula is C20H37N. The number of hydrogen-bond donors (Lipinski definition) is 0. The Bertz CT molecular complexity index is 340. The highest BCUT2D eigenvalue weighted by atomic mass is 15.2. The minimum atomic E-state index is 0.573. The van der Waals surface area contributed by atoms with Gasteiger partial charge in [0, 0.05) is 13.1 Å². The molecule has 2 bridgehead atoms. The maximum Gasteiger partial charge on any atom is 0.00407 e. The standard InChI is InChI=1S/C20H37N/c1-19(2)18-11-13-20(19,3)16-21(15-18)14-12-17-9-7-5-4-6-8-10-17/h17-18H,4-16H2,1-3H3. The maximum atomic E-state index is 2.84. The molecule has 2 atom stereocenters. The fraction of sp³-hybridized carbons (Fsp3) is 1.00. The van der Waals surface area contributed by atoms with Gasteiger partial charge in [0.05, 0.1) is 0 Å². The molecule has 1 aliphatic heterocycles. The molecule has 3 aliphatic rings. The Morgan fingerprint density at radius 3 is 2.24 bits per heavy atom. The van der Waals surface area contributed by atoms with Crippen LogP contribution in [0.3, 0.4) is 0 Å². The molecule has 2 unspecified atom stereocenters. The topological polar surface area (TPSA) is 3.24 Å². The summed E-state index contributed by atoms with van der Waals surface area (Å²) in [5.74, 6) is 1.99. The van der Waals surface area contributed by atoms with Crippen molar-refractivity contribution in [2.24, 2.45) is 22.7 Å². The third-order valence-corrected chi connectivity index (χ3v) is 7.75. The monoisotopic (exact) mass is 291 g/mol. The van der Waals surface area contributed by atoms with E-state index in [1.165, 1.54) is 83.8 Å². The van der Waals surface area contributed by atoms with Gasteiger partial charge in [-0.3, -0.25) is 0 Å². The zero-order valence-corrected chi connectivity index (χ0v) is 14.8. The third-order valence-electron chi connectivity index (χ3n) is 7.75. The number of fused-ring (bicyclic) bond motifs is 2. The van der Waals surface area contributed by atoms with Crippen molar-refractivity contribution in [3.63, 3.8) is 0 Å². The van der Waals surface area contributed by atoms with Crippen molar-refractivity contribution in [2.45, 2.75) is 85.0 Å². The van der Waals surface area contributed by atoms with Crippen molar-refractivity contribution in [2.75, 3.05) is 19.6 Å². The van der Waals surface area contributed by atoms with Crippen LogP contribution in [0, 0.1) is 22.7 Å². The molecule has 3 fully saturated rings. The van der Waals surface area contributed by atoms with E-state index in [2.05, 4.69) is 25.7 Å². The van der Waals surface area contributed by atoms with Crippen LogP contribution in [-0.2, 0) is 0 Å². The molecule has 3 rings (SSSR count). The van der Waals surface area contributed by atoms with E-state index in [0.29, 0.717) is 10.8 Å². The highest BCUT2D eigenvalue weighted by Gasteiger charge is 2.55. The van der Waals surface area contributed by atoms with Crippen molar-refractivity contribution in [1.82, 2.24) is 4.90 Å². The van der Waals surface area contributed by atoms with Crippen LogP contribution in [0.5, 0.6) is 0 Å². The Morgan fingerprint density at radius 2 is 1.57 bits per heavy atom. The molecule has 2 saturated carbocycles. The largest absolute Gasteiger partial charge is 0.302 e. The molecule has 2 aliphatic carbocycles. The highest BCUT2D eigenvalue weighted by molar-refractivity contribution is 5.05. The minimum Gasteiger partial charge on any atom is -0.302 e. The normalized spacial score (nSPS) is 38.1. The summed E-state index contributed by atoms with van der Waals surface area (Å²) in [5, 5.41) is 0. The predicted molar refractivity (Wildman–Crippen MR) is 91.5 cm³/mol.